The molecule has 2 N–H and O–H groups in total. The second kappa shape index (κ2) is 6.92. The standard InChI is InChI=1S/C16H26N2O/c1-13(2)16-7-4-8-18(16)9-10-19-15-6-3-5-14(11-15)12-17/h3,5-6,11,13,16H,4,7-10,12,17H2,1-2H3. The largest absolute Gasteiger partial charge is 0.492 e. The van der Waals surface area contributed by atoms with E-state index in [1.807, 2.05) is 24.3 Å². The Morgan fingerprint density at radius 1 is 1.42 bits per heavy atom. The van der Waals surface area contributed by atoms with Gasteiger partial charge in [-0.05, 0) is 43.0 Å². The van der Waals surface area contributed by atoms with Crippen LogP contribution in [0.2, 0.25) is 0 Å². The van der Waals surface area contributed by atoms with E-state index >= 15 is 0 Å². The van der Waals surface area contributed by atoms with Crippen LogP contribution in [0, 0.1) is 5.92 Å². The lowest BCUT2D eigenvalue weighted by Gasteiger charge is -2.27. The fourth-order valence-electron chi connectivity index (χ4n) is 2.93. The van der Waals surface area contributed by atoms with Crippen molar-refractivity contribution in [3.8, 4) is 5.75 Å². The van der Waals surface area contributed by atoms with Crippen molar-refractivity contribution in [1.82, 2.24) is 4.90 Å². The Balaban J connectivity index is 1.79. The fraction of sp³-hybridized carbons (Fsp3) is 0.625. The van der Waals surface area contributed by atoms with Crippen molar-refractivity contribution >= 4 is 0 Å². The molecule has 0 bridgehead atoms. The van der Waals surface area contributed by atoms with Gasteiger partial charge in [0.05, 0.1) is 0 Å². The van der Waals surface area contributed by atoms with E-state index in [1.54, 1.807) is 0 Å². The summed E-state index contributed by atoms with van der Waals surface area (Å²) in [6, 6.07) is 8.80. The summed E-state index contributed by atoms with van der Waals surface area (Å²) < 4.78 is 5.84. The molecule has 3 heteroatoms. The van der Waals surface area contributed by atoms with Gasteiger partial charge in [-0.3, -0.25) is 4.90 Å². The molecule has 0 amide bonds. The molecule has 0 spiro atoms. The Kier molecular flexibility index (Phi) is 5.23. The Bertz CT molecular complexity index is 392. The van der Waals surface area contributed by atoms with Gasteiger partial charge in [-0.2, -0.15) is 0 Å². The Morgan fingerprint density at radius 2 is 2.26 bits per heavy atom. The maximum atomic E-state index is 5.84. The lowest BCUT2D eigenvalue weighted by Crippen LogP contribution is -2.36. The molecule has 2 rings (SSSR count). The molecule has 0 aliphatic carbocycles. The molecule has 0 saturated carbocycles. The van der Waals surface area contributed by atoms with Crippen molar-refractivity contribution in [2.24, 2.45) is 11.7 Å². The van der Waals surface area contributed by atoms with Crippen LogP contribution in [0.3, 0.4) is 0 Å². The zero-order valence-electron chi connectivity index (χ0n) is 12.1. The fourth-order valence-corrected chi connectivity index (χ4v) is 2.93. The van der Waals surface area contributed by atoms with Crippen molar-refractivity contribution in [3.63, 3.8) is 0 Å². The van der Waals surface area contributed by atoms with Gasteiger partial charge in [-0.1, -0.05) is 26.0 Å². The average Bonchev–Trinajstić information content (AvgIpc) is 2.87. The smallest absolute Gasteiger partial charge is 0.119 e. The van der Waals surface area contributed by atoms with E-state index in [0.29, 0.717) is 6.54 Å². The quantitative estimate of drug-likeness (QED) is 0.856. The van der Waals surface area contributed by atoms with Crippen LogP contribution < -0.4 is 10.5 Å². The van der Waals surface area contributed by atoms with E-state index in [1.165, 1.54) is 19.4 Å². The van der Waals surface area contributed by atoms with E-state index in [0.717, 1.165) is 36.4 Å². The molecule has 1 atom stereocenters. The molecule has 1 heterocycles. The van der Waals surface area contributed by atoms with Gasteiger partial charge in [-0.15, -0.1) is 0 Å². The Labute approximate surface area is 116 Å². The summed E-state index contributed by atoms with van der Waals surface area (Å²) in [5, 5.41) is 0. The lowest BCUT2D eigenvalue weighted by atomic mass is 10.0. The highest BCUT2D eigenvalue weighted by Gasteiger charge is 2.26. The SMILES string of the molecule is CC(C)C1CCCN1CCOc1cccc(CN)c1. The van der Waals surface area contributed by atoms with Crippen LogP contribution in [0.4, 0.5) is 0 Å². The maximum absolute atomic E-state index is 5.84. The van der Waals surface area contributed by atoms with Crippen LogP contribution in [-0.4, -0.2) is 30.6 Å². The normalized spacial score (nSPS) is 20.1. The van der Waals surface area contributed by atoms with E-state index in [-0.39, 0.29) is 0 Å². The number of benzene rings is 1. The zero-order chi connectivity index (χ0) is 13.7. The second-order valence-electron chi connectivity index (χ2n) is 5.69. The molecule has 1 aromatic carbocycles. The first-order valence-corrected chi connectivity index (χ1v) is 7.36. The van der Waals surface area contributed by atoms with Gasteiger partial charge in [0.15, 0.2) is 0 Å². The van der Waals surface area contributed by atoms with Crippen molar-refractivity contribution in [1.29, 1.82) is 0 Å². The monoisotopic (exact) mass is 262 g/mol. The summed E-state index contributed by atoms with van der Waals surface area (Å²) in [6.45, 7) is 8.20. The first-order chi connectivity index (χ1) is 9.20. The number of nitrogens with zero attached hydrogens (tertiary/aromatic N) is 1. The van der Waals surface area contributed by atoms with Gasteiger partial charge in [0.1, 0.15) is 12.4 Å². The van der Waals surface area contributed by atoms with Crippen LogP contribution >= 0.6 is 0 Å². The minimum absolute atomic E-state index is 0.568. The molecule has 1 saturated heterocycles. The van der Waals surface area contributed by atoms with E-state index in [9.17, 15) is 0 Å². The van der Waals surface area contributed by atoms with Crippen molar-refractivity contribution < 1.29 is 4.74 Å². The molecule has 19 heavy (non-hydrogen) atoms. The maximum Gasteiger partial charge on any atom is 0.119 e. The Hall–Kier alpha value is -1.06. The zero-order valence-corrected chi connectivity index (χ0v) is 12.1. The molecule has 106 valence electrons. The number of likely N-dealkylation sites (tertiary alicyclic amines) is 1. The van der Waals surface area contributed by atoms with E-state index < -0.39 is 0 Å². The van der Waals surface area contributed by atoms with Crippen LogP contribution in [-0.2, 0) is 6.54 Å². The Morgan fingerprint density at radius 3 is 3.00 bits per heavy atom. The molecule has 0 radical (unpaired) electrons. The first kappa shape index (κ1) is 14.4. The van der Waals surface area contributed by atoms with Crippen LogP contribution in [0.1, 0.15) is 32.3 Å². The number of ether oxygens (including phenoxy) is 1. The van der Waals surface area contributed by atoms with Gasteiger partial charge < -0.3 is 10.5 Å². The van der Waals surface area contributed by atoms with Crippen LogP contribution in [0.15, 0.2) is 24.3 Å². The van der Waals surface area contributed by atoms with Gasteiger partial charge in [0, 0.05) is 19.1 Å². The van der Waals surface area contributed by atoms with Gasteiger partial charge in [-0.25, -0.2) is 0 Å². The minimum Gasteiger partial charge on any atom is -0.492 e. The number of hydrogen-bond acceptors (Lipinski definition) is 3. The van der Waals surface area contributed by atoms with Crippen molar-refractivity contribution in [2.75, 3.05) is 19.7 Å². The van der Waals surface area contributed by atoms with Crippen LogP contribution in [0.25, 0.3) is 0 Å². The van der Waals surface area contributed by atoms with Crippen molar-refractivity contribution in [3.05, 3.63) is 29.8 Å². The molecular weight excluding hydrogens is 236 g/mol. The third-order valence-corrected chi connectivity index (χ3v) is 3.97. The average molecular weight is 262 g/mol. The van der Waals surface area contributed by atoms with Gasteiger partial charge >= 0.3 is 0 Å². The lowest BCUT2D eigenvalue weighted by molar-refractivity contribution is 0.168. The topological polar surface area (TPSA) is 38.5 Å². The van der Waals surface area contributed by atoms with E-state index in [2.05, 4.69) is 18.7 Å². The molecule has 1 aliphatic rings. The van der Waals surface area contributed by atoms with Crippen molar-refractivity contribution in [2.45, 2.75) is 39.3 Å². The molecule has 3 nitrogen and oxygen atoms in total. The van der Waals surface area contributed by atoms with Gasteiger partial charge in [0.2, 0.25) is 0 Å². The number of hydrogen-bond donors (Lipinski definition) is 1. The van der Waals surface area contributed by atoms with Gasteiger partial charge in [0.25, 0.3) is 0 Å². The molecular formula is C16H26N2O. The third-order valence-electron chi connectivity index (χ3n) is 3.97. The minimum atomic E-state index is 0.568. The summed E-state index contributed by atoms with van der Waals surface area (Å²) in [5.41, 5.74) is 6.76. The third kappa shape index (κ3) is 3.95. The summed E-state index contributed by atoms with van der Waals surface area (Å²) in [6.07, 6.45) is 2.66. The highest BCUT2D eigenvalue weighted by atomic mass is 16.5. The molecule has 1 aliphatic heterocycles. The molecule has 1 unspecified atom stereocenters. The van der Waals surface area contributed by atoms with E-state index in [4.69, 9.17) is 10.5 Å². The highest BCUT2D eigenvalue weighted by molar-refractivity contribution is 5.28. The molecule has 1 fully saturated rings. The predicted molar refractivity (Wildman–Crippen MR) is 79.3 cm³/mol. The highest BCUT2D eigenvalue weighted by Crippen LogP contribution is 2.23. The first-order valence-electron chi connectivity index (χ1n) is 7.36. The predicted octanol–water partition coefficient (Wildman–Crippen LogP) is 2.64. The summed E-state index contributed by atoms with van der Waals surface area (Å²) in [5.74, 6) is 1.67. The molecule has 1 aromatic rings. The number of rotatable bonds is 6. The molecule has 0 aromatic heterocycles. The summed E-state index contributed by atoms with van der Waals surface area (Å²) in [7, 11) is 0. The summed E-state index contributed by atoms with van der Waals surface area (Å²) in [4.78, 5) is 2.57. The summed E-state index contributed by atoms with van der Waals surface area (Å²) >= 11 is 0. The second-order valence-corrected chi connectivity index (χ2v) is 5.69. The van der Waals surface area contributed by atoms with Crippen LogP contribution in [0.5, 0.6) is 5.75 Å². The number of nitrogens with two attached hydrogens (primary N) is 1.